The van der Waals surface area contributed by atoms with Crippen molar-refractivity contribution < 1.29 is 0 Å². The number of hydrogen-bond acceptors (Lipinski definition) is 1. The Morgan fingerprint density at radius 1 is 1.00 bits per heavy atom. The smallest absolute Gasteiger partial charge is 0.0517 e. The molecule has 0 saturated carbocycles. The van der Waals surface area contributed by atoms with Crippen LogP contribution >= 0.6 is 11.6 Å². The molecule has 0 saturated heterocycles. The largest absolute Gasteiger partial charge is 0.398 e. The van der Waals surface area contributed by atoms with E-state index in [4.69, 9.17) is 17.3 Å². The lowest BCUT2D eigenvalue weighted by atomic mass is 10.0. The Balaban J connectivity index is 3.02. The Morgan fingerprint density at radius 2 is 1.57 bits per heavy atom. The van der Waals surface area contributed by atoms with Crippen LogP contribution in [-0.4, -0.2) is 0 Å². The highest BCUT2D eigenvalue weighted by atomic mass is 35.5. The van der Waals surface area contributed by atoms with Gasteiger partial charge in [-0.3, -0.25) is 0 Å². The molecule has 2 heteroatoms. The zero-order chi connectivity index (χ0) is 10.3. The summed E-state index contributed by atoms with van der Waals surface area (Å²) in [6, 6.07) is 7.95. The van der Waals surface area contributed by atoms with Crippen molar-refractivity contribution in [3.63, 3.8) is 0 Å². The first kappa shape index (κ1) is 9.35. The van der Waals surface area contributed by atoms with Gasteiger partial charge in [0.1, 0.15) is 0 Å². The number of nitrogen functional groups attached to an aromatic ring is 1. The molecular formula is C12H12ClN. The Hall–Kier alpha value is -1.21. The van der Waals surface area contributed by atoms with Crippen LogP contribution in [0.25, 0.3) is 10.8 Å². The van der Waals surface area contributed by atoms with Crippen LogP contribution in [0.4, 0.5) is 5.69 Å². The maximum atomic E-state index is 6.25. The summed E-state index contributed by atoms with van der Waals surface area (Å²) in [6.07, 6.45) is 0. The van der Waals surface area contributed by atoms with Gasteiger partial charge >= 0.3 is 0 Å². The van der Waals surface area contributed by atoms with Gasteiger partial charge in [0, 0.05) is 16.5 Å². The van der Waals surface area contributed by atoms with Crippen molar-refractivity contribution in [3.05, 3.63) is 40.4 Å². The molecule has 72 valence electrons. The highest BCUT2D eigenvalue weighted by Crippen LogP contribution is 2.34. The van der Waals surface area contributed by atoms with Gasteiger partial charge in [0.2, 0.25) is 0 Å². The predicted octanol–water partition coefficient (Wildman–Crippen LogP) is 3.69. The van der Waals surface area contributed by atoms with Gasteiger partial charge in [0.25, 0.3) is 0 Å². The Morgan fingerprint density at radius 3 is 2.21 bits per heavy atom. The molecule has 2 rings (SSSR count). The van der Waals surface area contributed by atoms with Crippen LogP contribution in [0.5, 0.6) is 0 Å². The van der Waals surface area contributed by atoms with Gasteiger partial charge in [0.15, 0.2) is 0 Å². The third kappa shape index (κ3) is 1.17. The quantitative estimate of drug-likeness (QED) is 0.653. The van der Waals surface area contributed by atoms with E-state index in [0.29, 0.717) is 0 Å². The Kier molecular flexibility index (Phi) is 2.12. The van der Waals surface area contributed by atoms with Gasteiger partial charge in [0.05, 0.1) is 5.02 Å². The molecule has 0 fully saturated rings. The first-order valence-corrected chi connectivity index (χ1v) is 4.93. The normalized spacial score (nSPS) is 10.8. The lowest BCUT2D eigenvalue weighted by Crippen LogP contribution is -1.95. The van der Waals surface area contributed by atoms with Crippen molar-refractivity contribution in [2.75, 3.05) is 5.73 Å². The van der Waals surface area contributed by atoms with E-state index < -0.39 is 0 Å². The number of rotatable bonds is 0. The molecule has 2 aromatic rings. The summed E-state index contributed by atoms with van der Waals surface area (Å²) in [7, 11) is 0. The van der Waals surface area contributed by atoms with Crippen LogP contribution in [0.3, 0.4) is 0 Å². The molecule has 0 aliphatic rings. The summed E-state index contributed by atoms with van der Waals surface area (Å²) in [4.78, 5) is 0. The third-order valence-corrected chi connectivity index (χ3v) is 3.24. The van der Waals surface area contributed by atoms with Crippen LogP contribution in [0.15, 0.2) is 24.3 Å². The fourth-order valence-electron chi connectivity index (χ4n) is 1.68. The standard InChI is InChI=1S/C12H12ClN/c1-7-8(2)12(14)10-6-4-3-5-9(10)11(7)13/h3-6H,14H2,1-2H3. The minimum Gasteiger partial charge on any atom is -0.398 e. The van der Waals surface area contributed by atoms with E-state index in [0.717, 1.165) is 32.6 Å². The van der Waals surface area contributed by atoms with Crippen molar-refractivity contribution in [1.82, 2.24) is 0 Å². The summed E-state index contributed by atoms with van der Waals surface area (Å²) in [5.74, 6) is 0. The van der Waals surface area contributed by atoms with E-state index in [1.165, 1.54) is 0 Å². The fourth-order valence-corrected chi connectivity index (χ4v) is 1.99. The molecule has 0 radical (unpaired) electrons. The number of nitrogens with two attached hydrogens (primary N) is 1. The maximum absolute atomic E-state index is 6.25. The molecule has 14 heavy (non-hydrogen) atoms. The average molecular weight is 206 g/mol. The van der Waals surface area contributed by atoms with Crippen LogP contribution < -0.4 is 5.73 Å². The number of anilines is 1. The molecule has 0 aromatic heterocycles. The minimum atomic E-state index is 0.812. The minimum absolute atomic E-state index is 0.812. The van der Waals surface area contributed by atoms with Crippen LogP contribution in [-0.2, 0) is 0 Å². The first-order valence-electron chi connectivity index (χ1n) is 4.56. The summed E-state index contributed by atoms with van der Waals surface area (Å²) < 4.78 is 0. The Labute approximate surface area is 88.5 Å². The van der Waals surface area contributed by atoms with Crippen LogP contribution in [0.2, 0.25) is 5.02 Å². The second-order valence-corrected chi connectivity index (χ2v) is 3.90. The van der Waals surface area contributed by atoms with Crippen molar-refractivity contribution in [2.45, 2.75) is 13.8 Å². The number of hydrogen-bond donors (Lipinski definition) is 1. The molecule has 0 atom stereocenters. The molecular weight excluding hydrogens is 194 g/mol. The number of fused-ring (bicyclic) bond motifs is 1. The van der Waals surface area contributed by atoms with Crippen molar-refractivity contribution in [1.29, 1.82) is 0 Å². The topological polar surface area (TPSA) is 26.0 Å². The van der Waals surface area contributed by atoms with E-state index in [9.17, 15) is 0 Å². The first-order chi connectivity index (χ1) is 6.63. The van der Waals surface area contributed by atoms with E-state index in [1.54, 1.807) is 0 Å². The van der Waals surface area contributed by atoms with E-state index >= 15 is 0 Å². The molecule has 1 nitrogen and oxygen atoms in total. The lowest BCUT2D eigenvalue weighted by molar-refractivity contribution is 1.37. The number of halogens is 1. The third-order valence-electron chi connectivity index (χ3n) is 2.75. The molecule has 2 aromatic carbocycles. The highest BCUT2D eigenvalue weighted by Gasteiger charge is 2.09. The zero-order valence-electron chi connectivity index (χ0n) is 8.26. The van der Waals surface area contributed by atoms with Crippen molar-refractivity contribution in [3.8, 4) is 0 Å². The van der Waals surface area contributed by atoms with E-state index in [2.05, 4.69) is 0 Å². The average Bonchev–Trinajstić information content (AvgIpc) is 2.23. The summed E-state index contributed by atoms with van der Waals surface area (Å²) >= 11 is 6.25. The summed E-state index contributed by atoms with van der Waals surface area (Å²) in [6.45, 7) is 4.00. The van der Waals surface area contributed by atoms with Crippen LogP contribution in [0, 0.1) is 13.8 Å². The Bertz CT molecular complexity index is 457. The molecule has 0 unspecified atom stereocenters. The van der Waals surface area contributed by atoms with Crippen molar-refractivity contribution in [2.24, 2.45) is 0 Å². The highest BCUT2D eigenvalue weighted by molar-refractivity contribution is 6.37. The van der Waals surface area contributed by atoms with E-state index in [1.807, 2.05) is 38.1 Å². The SMILES string of the molecule is Cc1c(C)c(Cl)c2ccccc2c1N. The molecule has 0 heterocycles. The molecule has 0 amide bonds. The molecule has 0 aliphatic heterocycles. The second kappa shape index (κ2) is 3.18. The van der Waals surface area contributed by atoms with Gasteiger partial charge in [-0.25, -0.2) is 0 Å². The van der Waals surface area contributed by atoms with Gasteiger partial charge in [-0.1, -0.05) is 35.9 Å². The van der Waals surface area contributed by atoms with Gasteiger partial charge in [-0.2, -0.15) is 0 Å². The van der Waals surface area contributed by atoms with E-state index in [-0.39, 0.29) is 0 Å². The van der Waals surface area contributed by atoms with Gasteiger partial charge in [-0.15, -0.1) is 0 Å². The summed E-state index contributed by atoms with van der Waals surface area (Å²) in [5, 5.41) is 2.89. The molecule has 0 spiro atoms. The van der Waals surface area contributed by atoms with Crippen molar-refractivity contribution >= 4 is 28.1 Å². The molecule has 0 aliphatic carbocycles. The number of benzene rings is 2. The lowest BCUT2D eigenvalue weighted by Gasteiger charge is -2.11. The molecule has 2 N–H and O–H groups in total. The zero-order valence-corrected chi connectivity index (χ0v) is 9.02. The predicted molar refractivity (Wildman–Crippen MR) is 62.8 cm³/mol. The monoisotopic (exact) mass is 205 g/mol. The van der Waals surface area contributed by atoms with Crippen LogP contribution in [0.1, 0.15) is 11.1 Å². The molecule has 0 bridgehead atoms. The maximum Gasteiger partial charge on any atom is 0.0517 e. The van der Waals surface area contributed by atoms with Gasteiger partial charge < -0.3 is 5.73 Å². The second-order valence-electron chi connectivity index (χ2n) is 3.52. The fraction of sp³-hybridized carbons (Fsp3) is 0.167. The van der Waals surface area contributed by atoms with Gasteiger partial charge in [-0.05, 0) is 25.0 Å². The summed E-state index contributed by atoms with van der Waals surface area (Å²) in [5.41, 5.74) is 9.01.